The third kappa shape index (κ3) is 9.16. The number of nitrogens with zero attached hydrogens (tertiary/aromatic N) is 2. The molecule has 15 heteroatoms. The summed E-state index contributed by atoms with van der Waals surface area (Å²) in [6.45, 7) is 3.14. The van der Waals surface area contributed by atoms with Crippen LogP contribution >= 0.6 is 43.2 Å². The Labute approximate surface area is 290 Å². The summed E-state index contributed by atoms with van der Waals surface area (Å²) in [5.74, 6) is 0.754. The van der Waals surface area contributed by atoms with Crippen molar-refractivity contribution >= 4 is 85.4 Å². The van der Waals surface area contributed by atoms with Crippen LogP contribution in [0.5, 0.6) is 5.75 Å². The monoisotopic (exact) mass is 813 g/mol. The van der Waals surface area contributed by atoms with E-state index in [1.54, 1.807) is 18.3 Å². The first kappa shape index (κ1) is 35.0. The molecule has 0 saturated heterocycles. The normalized spacial score (nSPS) is 14.3. The van der Waals surface area contributed by atoms with Gasteiger partial charge in [0.25, 0.3) is 15.1 Å². The second kappa shape index (κ2) is 15.2. The summed E-state index contributed by atoms with van der Waals surface area (Å²) in [5.41, 5.74) is 6.31. The highest BCUT2D eigenvalue weighted by Crippen LogP contribution is 2.42. The Hall–Kier alpha value is -2.37. The van der Waals surface area contributed by atoms with Gasteiger partial charge in [-0.1, -0.05) is 68.3 Å². The molecule has 4 aromatic rings. The van der Waals surface area contributed by atoms with Gasteiger partial charge in [0.2, 0.25) is 11.4 Å². The number of unbranched alkanes of at least 4 members (excludes halogenated alkanes) is 2. The standard InChI is InChI=1S/C31H33Br2N3O7S3/c1-2-34-43-46(40,41)18-6-4-15-35-26-19-23(22-7-10-24(32)11-8-22)9-13-28(26)42-30(35)21-31-36(16-3-5-17-45(37,38)39)27-20-25(33)12-14-29(27)44-31/h7-14,19-21,34H,2-6,15-18H2,1H3. The first-order valence-corrected chi connectivity index (χ1v) is 20.2. The highest BCUT2D eigenvalue weighted by atomic mass is 79.9. The molecule has 1 aliphatic rings. The van der Waals surface area contributed by atoms with Crippen LogP contribution in [-0.2, 0) is 31.1 Å². The van der Waals surface area contributed by atoms with E-state index >= 15 is 0 Å². The van der Waals surface area contributed by atoms with E-state index in [-0.39, 0.29) is 12.2 Å². The van der Waals surface area contributed by atoms with Crippen molar-refractivity contribution < 1.29 is 35.0 Å². The molecular formula is C31H33Br2N3O7S3. The van der Waals surface area contributed by atoms with Crippen LogP contribution < -0.4 is 19.7 Å². The number of hydroxylamine groups is 1. The summed E-state index contributed by atoms with van der Waals surface area (Å²) in [7, 11) is -7.98. The van der Waals surface area contributed by atoms with Gasteiger partial charge < -0.3 is 14.2 Å². The molecule has 0 bridgehead atoms. The number of hydrogen-bond donors (Lipinski definition) is 1. The zero-order chi connectivity index (χ0) is 32.9. The van der Waals surface area contributed by atoms with Gasteiger partial charge in [0.15, 0.2) is 12.3 Å². The minimum Gasteiger partial charge on any atom is -0.748 e. The van der Waals surface area contributed by atoms with Crippen molar-refractivity contribution in [3.8, 4) is 16.9 Å². The van der Waals surface area contributed by atoms with Crippen molar-refractivity contribution in [2.24, 2.45) is 0 Å². The van der Waals surface area contributed by atoms with E-state index < -0.39 is 26.0 Å². The molecule has 0 aliphatic carbocycles. The van der Waals surface area contributed by atoms with Crippen LogP contribution in [0, 0.1) is 0 Å². The van der Waals surface area contributed by atoms with Crippen molar-refractivity contribution in [1.82, 2.24) is 5.48 Å². The predicted molar refractivity (Wildman–Crippen MR) is 187 cm³/mol. The molecule has 1 aromatic heterocycles. The molecule has 3 aromatic carbocycles. The fourth-order valence-corrected chi connectivity index (χ4v) is 8.27. The van der Waals surface area contributed by atoms with E-state index in [1.165, 1.54) is 0 Å². The summed E-state index contributed by atoms with van der Waals surface area (Å²) >= 11 is 8.63. The molecule has 246 valence electrons. The van der Waals surface area contributed by atoms with Crippen LogP contribution in [0.4, 0.5) is 5.69 Å². The molecule has 46 heavy (non-hydrogen) atoms. The summed E-state index contributed by atoms with van der Waals surface area (Å²) in [6.07, 6.45) is 3.67. The maximum Gasteiger partial charge on any atom is 0.283 e. The molecule has 2 heterocycles. The molecule has 5 rings (SSSR count). The lowest BCUT2D eigenvalue weighted by atomic mass is 10.0. The molecule has 0 unspecified atom stereocenters. The second-order valence-corrected chi connectivity index (χ2v) is 16.8. The minimum absolute atomic E-state index is 0.121. The number of halogens is 2. The van der Waals surface area contributed by atoms with Crippen molar-refractivity contribution in [1.29, 1.82) is 0 Å². The first-order valence-electron chi connectivity index (χ1n) is 14.7. The van der Waals surface area contributed by atoms with Gasteiger partial charge in [-0.25, -0.2) is 8.42 Å². The summed E-state index contributed by atoms with van der Waals surface area (Å²) in [4.78, 5) is 2.06. The van der Waals surface area contributed by atoms with Crippen LogP contribution in [0.2, 0.25) is 0 Å². The Morgan fingerprint density at radius 3 is 2.39 bits per heavy atom. The van der Waals surface area contributed by atoms with Crippen molar-refractivity contribution in [2.45, 2.75) is 39.2 Å². The van der Waals surface area contributed by atoms with Gasteiger partial charge in [0, 0.05) is 40.3 Å². The van der Waals surface area contributed by atoms with E-state index in [4.69, 9.17) is 9.02 Å². The fourth-order valence-electron chi connectivity index (χ4n) is 5.07. The number of ether oxygens (including phenoxy) is 1. The lowest BCUT2D eigenvalue weighted by Crippen LogP contribution is -2.36. The third-order valence-electron chi connectivity index (χ3n) is 7.23. The van der Waals surface area contributed by atoms with Crippen molar-refractivity contribution in [3.05, 3.63) is 80.5 Å². The zero-order valence-electron chi connectivity index (χ0n) is 24.9. The molecule has 0 amide bonds. The van der Waals surface area contributed by atoms with Crippen LogP contribution in [0.15, 0.2) is 75.5 Å². The van der Waals surface area contributed by atoms with E-state index in [0.29, 0.717) is 50.5 Å². The Morgan fingerprint density at radius 2 is 1.65 bits per heavy atom. The van der Waals surface area contributed by atoms with Crippen LogP contribution in [0.3, 0.4) is 0 Å². The molecule has 0 spiro atoms. The maximum atomic E-state index is 12.2. The van der Waals surface area contributed by atoms with E-state index in [2.05, 4.69) is 52.9 Å². The van der Waals surface area contributed by atoms with Crippen LogP contribution in [0.1, 0.15) is 37.6 Å². The van der Waals surface area contributed by atoms with E-state index in [0.717, 1.165) is 41.0 Å². The smallest absolute Gasteiger partial charge is 0.283 e. The van der Waals surface area contributed by atoms with Gasteiger partial charge in [-0.3, -0.25) is 0 Å². The molecule has 0 fully saturated rings. The van der Waals surface area contributed by atoms with Gasteiger partial charge in [-0.2, -0.15) is 22.7 Å². The molecule has 1 N–H and O–H groups in total. The van der Waals surface area contributed by atoms with Gasteiger partial charge in [0.05, 0.1) is 27.6 Å². The largest absolute Gasteiger partial charge is 0.748 e. The zero-order valence-corrected chi connectivity index (χ0v) is 30.6. The lowest BCUT2D eigenvalue weighted by molar-refractivity contribution is -0.669. The Bertz CT molecular complexity index is 1950. The number of hydrogen-bond acceptors (Lipinski definition) is 10. The Balaban J connectivity index is 1.47. The van der Waals surface area contributed by atoms with E-state index in [9.17, 15) is 21.4 Å². The quantitative estimate of drug-likeness (QED) is 0.0615. The first-order chi connectivity index (χ1) is 21.9. The van der Waals surface area contributed by atoms with Gasteiger partial charge >= 0.3 is 0 Å². The summed E-state index contributed by atoms with van der Waals surface area (Å²) in [6, 6.07) is 20.1. The van der Waals surface area contributed by atoms with Crippen molar-refractivity contribution in [2.75, 3.05) is 29.5 Å². The number of benzene rings is 3. The van der Waals surface area contributed by atoms with Crippen LogP contribution in [-0.4, -0.2) is 46.0 Å². The highest BCUT2D eigenvalue weighted by Gasteiger charge is 2.30. The average molecular weight is 816 g/mol. The molecule has 0 atom stereocenters. The fraction of sp³-hybridized carbons (Fsp3) is 0.323. The topological polar surface area (TPSA) is 129 Å². The molecule has 1 aliphatic heterocycles. The van der Waals surface area contributed by atoms with E-state index in [1.807, 2.05) is 60.7 Å². The van der Waals surface area contributed by atoms with Gasteiger partial charge in [0.1, 0.15) is 4.70 Å². The Morgan fingerprint density at radius 1 is 0.935 bits per heavy atom. The maximum absolute atomic E-state index is 12.2. The SMILES string of the molecule is CCNOS(=O)(=O)CCCCN1C(=Cc2sc3ccc(Br)cc3[n+]2CCCCS(=O)(=O)[O-])Oc2ccc(-c3ccc(Br)cc3)cc21. The Kier molecular flexibility index (Phi) is 11.6. The molecule has 10 nitrogen and oxygen atoms in total. The number of aromatic nitrogens is 1. The summed E-state index contributed by atoms with van der Waals surface area (Å²) < 4.78 is 74.3. The summed E-state index contributed by atoms with van der Waals surface area (Å²) in [5, 5.41) is 0.889. The predicted octanol–water partition coefficient (Wildman–Crippen LogP) is 6.55. The third-order valence-corrected chi connectivity index (χ3v) is 11.3. The molecule has 0 radical (unpaired) electrons. The van der Waals surface area contributed by atoms with Gasteiger partial charge in [-0.05, 0) is 66.8 Å². The van der Waals surface area contributed by atoms with Crippen molar-refractivity contribution in [3.63, 3.8) is 0 Å². The lowest BCUT2D eigenvalue weighted by Gasteiger charge is -2.18. The second-order valence-electron chi connectivity index (χ2n) is 10.6. The average Bonchev–Trinajstić information content (AvgIpc) is 3.52. The number of rotatable bonds is 15. The number of thiazole rings is 1. The number of fused-ring (bicyclic) bond motifs is 2. The highest BCUT2D eigenvalue weighted by molar-refractivity contribution is 9.10. The van der Waals surface area contributed by atoms with Crippen LogP contribution in [0.25, 0.3) is 27.4 Å². The number of aryl methyl sites for hydroxylation is 1. The number of nitrogens with one attached hydrogen (secondary N) is 1. The van der Waals surface area contributed by atoms with Gasteiger partial charge in [-0.15, -0.1) is 0 Å². The molecular weight excluding hydrogens is 782 g/mol. The minimum atomic E-state index is -4.29. The number of anilines is 1. The molecule has 0 saturated carbocycles.